The van der Waals surface area contributed by atoms with Crippen LogP contribution in [-0.4, -0.2) is 46.7 Å². The van der Waals surface area contributed by atoms with Crippen molar-refractivity contribution < 1.29 is 14.4 Å². The normalized spacial score (nSPS) is 32.1. The average molecular weight is 422 g/mol. The minimum Gasteiger partial charge on any atom is -0.323 e. The Morgan fingerprint density at radius 3 is 2.71 bits per heavy atom. The molecule has 5 atom stereocenters. The van der Waals surface area contributed by atoms with Gasteiger partial charge in [-0.25, -0.2) is 0 Å². The number of nitrogens with one attached hydrogen (secondary N) is 2. The van der Waals surface area contributed by atoms with Gasteiger partial charge in [0.2, 0.25) is 17.7 Å². The zero-order valence-electron chi connectivity index (χ0n) is 16.1. The first kappa shape index (κ1) is 19.7. The lowest BCUT2D eigenvalue weighted by molar-refractivity contribution is -0.145. The average Bonchev–Trinajstić information content (AvgIpc) is 3.26. The van der Waals surface area contributed by atoms with Gasteiger partial charge in [0.05, 0.1) is 22.5 Å². The highest BCUT2D eigenvalue weighted by atomic mass is 35.5. The van der Waals surface area contributed by atoms with Crippen LogP contribution < -0.4 is 10.6 Å². The predicted molar refractivity (Wildman–Crippen MR) is 110 cm³/mol. The van der Waals surface area contributed by atoms with Gasteiger partial charge < -0.3 is 5.32 Å². The molecule has 0 aliphatic carbocycles. The van der Waals surface area contributed by atoms with Gasteiger partial charge >= 0.3 is 0 Å². The summed E-state index contributed by atoms with van der Waals surface area (Å²) in [5.41, 5.74) is -0.0462. The number of nitrogens with zero attached hydrogens (tertiary/aromatic N) is 1. The number of hydrogen-bond acceptors (Lipinski definition) is 5. The molecule has 8 heteroatoms. The number of benzene rings is 1. The fourth-order valence-corrected chi connectivity index (χ4v) is 5.64. The topological polar surface area (TPSA) is 78.5 Å². The van der Waals surface area contributed by atoms with Gasteiger partial charge in [-0.2, -0.15) is 11.8 Å². The molecule has 1 aromatic carbocycles. The number of anilines is 1. The van der Waals surface area contributed by atoms with Crippen molar-refractivity contribution in [1.82, 2.24) is 10.2 Å². The molecule has 28 heavy (non-hydrogen) atoms. The molecule has 150 valence electrons. The van der Waals surface area contributed by atoms with E-state index in [2.05, 4.69) is 10.6 Å². The molecule has 0 aromatic heterocycles. The number of likely N-dealkylation sites (tertiary alicyclic amines) is 1. The maximum atomic E-state index is 13.5. The first-order valence-corrected chi connectivity index (χ1v) is 11.4. The van der Waals surface area contributed by atoms with E-state index in [9.17, 15) is 14.4 Å². The predicted octanol–water partition coefficient (Wildman–Crippen LogP) is 2.61. The molecule has 0 radical (unpaired) electrons. The summed E-state index contributed by atoms with van der Waals surface area (Å²) in [4.78, 5) is 41.4. The molecule has 2 fully saturated rings. The third-order valence-corrected chi connectivity index (χ3v) is 7.36. The first-order chi connectivity index (χ1) is 13.4. The van der Waals surface area contributed by atoms with Crippen molar-refractivity contribution in [2.75, 3.05) is 17.3 Å². The summed E-state index contributed by atoms with van der Waals surface area (Å²) in [7, 11) is 0. The number of carbonyl (C=O) groups excluding carboxylic acids is 3. The summed E-state index contributed by atoms with van der Waals surface area (Å²) in [5.74, 6) is -1.17. The zero-order valence-corrected chi connectivity index (χ0v) is 17.7. The fourth-order valence-electron chi connectivity index (χ4n) is 4.93. The van der Waals surface area contributed by atoms with E-state index >= 15 is 0 Å². The van der Waals surface area contributed by atoms with Gasteiger partial charge in [-0.05, 0) is 37.8 Å². The van der Waals surface area contributed by atoms with Gasteiger partial charge in [0.1, 0.15) is 5.54 Å². The van der Waals surface area contributed by atoms with Crippen molar-refractivity contribution in [3.63, 3.8) is 0 Å². The molecule has 3 amide bonds. The van der Waals surface area contributed by atoms with Crippen LogP contribution in [0.25, 0.3) is 0 Å². The molecular weight excluding hydrogens is 398 g/mol. The van der Waals surface area contributed by atoms with Crippen molar-refractivity contribution in [3.05, 3.63) is 28.8 Å². The van der Waals surface area contributed by atoms with Crippen molar-refractivity contribution in [1.29, 1.82) is 0 Å². The van der Waals surface area contributed by atoms with E-state index in [4.69, 9.17) is 11.6 Å². The summed E-state index contributed by atoms with van der Waals surface area (Å²) in [6.07, 6.45) is 3.40. The highest BCUT2D eigenvalue weighted by molar-refractivity contribution is 7.98. The highest BCUT2D eigenvalue weighted by Crippen LogP contribution is 2.54. The summed E-state index contributed by atoms with van der Waals surface area (Å²) < 4.78 is 0. The zero-order chi connectivity index (χ0) is 20.2. The number of para-hydroxylation sites is 1. The van der Waals surface area contributed by atoms with Crippen molar-refractivity contribution in [3.8, 4) is 0 Å². The van der Waals surface area contributed by atoms with Gasteiger partial charge in [-0.1, -0.05) is 30.7 Å². The maximum Gasteiger partial charge on any atom is 0.250 e. The van der Waals surface area contributed by atoms with Gasteiger partial charge in [0, 0.05) is 17.6 Å². The van der Waals surface area contributed by atoms with Gasteiger partial charge in [0.25, 0.3) is 0 Å². The Hall–Kier alpha value is -1.57. The second kappa shape index (κ2) is 7.04. The lowest BCUT2D eigenvalue weighted by atomic mass is 9.76. The number of halogens is 1. The van der Waals surface area contributed by atoms with Crippen LogP contribution >= 0.6 is 23.4 Å². The Labute approximate surface area is 173 Å². The van der Waals surface area contributed by atoms with E-state index in [1.54, 1.807) is 23.9 Å². The Kier molecular flexibility index (Phi) is 4.96. The molecule has 0 unspecified atom stereocenters. The van der Waals surface area contributed by atoms with E-state index in [-0.39, 0.29) is 29.8 Å². The van der Waals surface area contributed by atoms with Crippen LogP contribution in [0.4, 0.5) is 5.69 Å². The van der Waals surface area contributed by atoms with Crippen LogP contribution in [0.15, 0.2) is 18.2 Å². The summed E-state index contributed by atoms with van der Waals surface area (Å²) in [5, 5.41) is 6.72. The van der Waals surface area contributed by atoms with E-state index in [0.29, 0.717) is 29.1 Å². The number of imide groups is 1. The first-order valence-electron chi connectivity index (χ1n) is 9.62. The summed E-state index contributed by atoms with van der Waals surface area (Å²) in [6.45, 7) is 3.84. The number of hydrogen-bond donors (Lipinski definition) is 2. The molecule has 3 heterocycles. The van der Waals surface area contributed by atoms with Crippen LogP contribution in [0.1, 0.15) is 32.3 Å². The molecule has 1 aromatic rings. The molecule has 4 rings (SSSR count). The van der Waals surface area contributed by atoms with Crippen molar-refractivity contribution in [2.24, 2.45) is 11.8 Å². The Bertz CT molecular complexity index is 863. The number of thioether (sulfide) groups is 1. The molecule has 6 nitrogen and oxygen atoms in total. The molecular formula is C20H24ClN3O3S. The van der Waals surface area contributed by atoms with Crippen LogP contribution in [0.2, 0.25) is 5.02 Å². The third kappa shape index (κ3) is 2.49. The lowest BCUT2D eigenvalue weighted by Crippen LogP contribution is -2.54. The number of rotatable bonds is 5. The van der Waals surface area contributed by atoms with Crippen LogP contribution in [0.3, 0.4) is 0 Å². The fraction of sp³-hybridized carbons (Fsp3) is 0.550. The van der Waals surface area contributed by atoms with Crippen LogP contribution in [0, 0.1) is 11.8 Å². The second-order valence-electron chi connectivity index (χ2n) is 7.76. The Morgan fingerprint density at radius 2 is 2.04 bits per heavy atom. The molecule has 3 aliphatic heterocycles. The summed E-state index contributed by atoms with van der Waals surface area (Å²) in [6, 6.07) is 4.89. The second-order valence-corrected chi connectivity index (χ2v) is 9.16. The van der Waals surface area contributed by atoms with E-state index in [1.165, 1.54) is 4.90 Å². The number of amides is 3. The lowest BCUT2D eigenvalue weighted by Gasteiger charge is -2.31. The smallest absolute Gasteiger partial charge is 0.250 e. The number of fused-ring (bicyclic) bond motifs is 4. The monoisotopic (exact) mass is 421 g/mol. The maximum absolute atomic E-state index is 13.5. The molecule has 1 spiro atoms. The summed E-state index contributed by atoms with van der Waals surface area (Å²) >= 11 is 8.00. The van der Waals surface area contributed by atoms with Gasteiger partial charge in [-0.3, -0.25) is 24.6 Å². The molecule has 0 saturated carbocycles. The van der Waals surface area contributed by atoms with Crippen molar-refractivity contribution >= 4 is 46.8 Å². The quantitative estimate of drug-likeness (QED) is 0.714. The number of carbonyl (C=O) groups is 3. The molecule has 0 bridgehead atoms. The standard InChI is InChI=1S/C20H24ClN3O3S/c1-4-10(2)24-17(25)14-13(8-9-28-3)23-20(15(14)18(24)26)11-6-5-7-12(21)16(11)22-19(20)27/h5-7,10,13-15,23H,4,8-9H2,1-3H3,(H,22,27)/t10-,13-,14+,15-,20-/m0/s1. The Balaban J connectivity index is 1.86. The molecule has 2 saturated heterocycles. The largest absolute Gasteiger partial charge is 0.323 e. The SMILES string of the molecule is CC[C@H](C)N1C(=O)[C@@H]2[C@H](CCSC)N[C@]3(C(=O)Nc4c(Cl)cccc43)[C@@H]2C1=O. The van der Waals surface area contributed by atoms with Crippen molar-refractivity contribution in [2.45, 2.75) is 44.3 Å². The van der Waals surface area contributed by atoms with Gasteiger partial charge in [-0.15, -0.1) is 0 Å². The Morgan fingerprint density at radius 1 is 1.29 bits per heavy atom. The van der Waals surface area contributed by atoms with Crippen LogP contribution in [-0.2, 0) is 19.9 Å². The minimum absolute atomic E-state index is 0.164. The third-order valence-electron chi connectivity index (χ3n) is 6.40. The van der Waals surface area contributed by atoms with E-state index < -0.39 is 17.4 Å². The van der Waals surface area contributed by atoms with E-state index in [1.807, 2.05) is 26.2 Å². The van der Waals surface area contributed by atoms with Crippen LogP contribution in [0.5, 0.6) is 0 Å². The van der Waals surface area contributed by atoms with E-state index in [0.717, 1.165) is 5.75 Å². The molecule has 2 N–H and O–H groups in total. The minimum atomic E-state index is -1.25. The highest BCUT2D eigenvalue weighted by Gasteiger charge is 2.70. The molecule has 3 aliphatic rings. The van der Waals surface area contributed by atoms with Gasteiger partial charge in [0.15, 0.2) is 0 Å².